The molecule has 0 saturated carbocycles. The summed E-state index contributed by atoms with van der Waals surface area (Å²) < 4.78 is 9.76. The first kappa shape index (κ1) is 28.2. The molecule has 2 aromatic rings. The molecule has 0 aliphatic carbocycles. The van der Waals surface area contributed by atoms with Crippen molar-refractivity contribution < 1.29 is 33.4 Å². The van der Waals surface area contributed by atoms with Gasteiger partial charge in [0.05, 0.1) is 13.0 Å². The van der Waals surface area contributed by atoms with Crippen molar-refractivity contribution in [2.45, 2.75) is 49.4 Å². The van der Waals surface area contributed by atoms with Crippen molar-refractivity contribution in [2.24, 2.45) is 0 Å². The number of fused-ring (bicyclic) bond motifs is 1. The third-order valence-corrected chi connectivity index (χ3v) is 8.06. The van der Waals surface area contributed by atoms with E-state index in [-0.39, 0.29) is 24.8 Å². The summed E-state index contributed by atoms with van der Waals surface area (Å²) in [6.07, 6.45) is 0.141. The Kier molecular flexibility index (Phi) is 8.59. The average molecular weight is 554 g/mol. The molecule has 3 atom stereocenters. The Morgan fingerprint density at radius 1 is 1.00 bits per heavy atom. The highest BCUT2D eigenvalue weighted by atomic mass is 32.2. The van der Waals surface area contributed by atoms with E-state index in [0.29, 0.717) is 5.56 Å². The molecule has 3 amide bonds. The second-order valence-corrected chi connectivity index (χ2v) is 11.5. The summed E-state index contributed by atoms with van der Waals surface area (Å²) in [6.45, 7) is 4.54. The third-order valence-electron chi connectivity index (χ3n) is 6.48. The maximum absolute atomic E-state index is 13.3. The van der Waals surface area contributed by atoms with Crippen LogP contribution in [0.5, 0.6) is 0 Å². The highest BCUT2D eigenvalue weighted by Crippen LogP contribution is 2.51. The molecule has 2 fully saturated rings. The number of rotatable bonds is 10. The smallest absolute Gasteiger partial charge is 0.332 e. The van der Waals surface area contributed by atoms with Crippen LogP contribution in [-0.2, 0) is 35.1 Å². The minimum Gasteiger partial charge on any atom is -0.465 e. The lowest BCUT2D eigenvalue weighted by Crippen LogP contribution is -2.70. The van der Waals surface area contributed by atoms with Gasteiger partial charge in [-0.1, -0.05) is 48.5 Å². The van der Waals surface area contributed by atoms with E-state index >= 15 is 0 Å². The number of esters is 2. The number of hydrogen-bond donors (Lipinski definition) is 1. The first-order valence-corrected chi connectivity index (χ1v) is 13.5. The number of nitrogens with zero attached hydrogens (tertiary/aromatic N) is 2. The summed E-state index contributed by atoms with van der Waals surface area (Å²) in [5, 5.41) is 2.37. The Hall–Kier alpha value is -3.86. The van der Waals surface area contributed by atoms with Crippen LogP contribution in [-0.4, -0.2) is 81.5 Å². The first-order valence-electron chi connectivity index (χ1n) is 12.6. The van der Waals surface area contributed by atoms with E-state index in [2.05, 4.69) is 5.32 Å². The summed E-state index contributed by atoms with van der Waals surface area (Å²) in [7, 11) is 0. The second kappa shape index (κ2) is 11.9. The van der Waals surface area contributed by atoms with E-state index in [9.17, 15) is 24.0 Å². The Bertz CT molecular complexity index is 1240. The number of ether oxygens (including phenoxy) is 2. The van der Waals surface area contributed by atoms with Crippen molar-refractivity contribution in [3.8, 4) is 0 Å². The molecular formula is C28H31N3O7S. The van der Waals surface area contributed by atoms with E-state index in [0.717, 1.165) is 10.5 Å². The number of thioether (sulfide) groups is 1. The molecule has 0 aromatic heterocycles. The molecule has 206 valence electrons. The second-order valence-electron chi connectivity index (χ2n) is 9.73. The molecule has 2 aliphatic rings. The minimum atomic E-state index is -0.932. The van der Waals surface area contributed by atoms with Crippen molar-refractivity contribution in [3.63, 3.8) is 0 Å². The fourth-order valence-corrected chi connectivity index (χ4v) is 6.28. The highest BCUT2D eigenvalue weighted by Gasteiger charge is 2.64. The molecule has 2 heterocycles. The molecule has 0 spiro atoms. The zero-order chi connectivity index (χ0) is 28.2. The minimum absolute atomic E-state index is 0.140. The molecule has 1 N–H and O–H groups in total. The Balaban J connectivity index is 1.40. The van der Waals surface area contributed by atoms with E-state index in [1.165, 1.54) is 16.7 Å². The largest absolute Gasteiger partial charge is 0.465 e. The van der Waals surface area contributed by atoms with Crippen LogP contribution in [0.3, 0.4) is 0 Å². The van der Waals surface area contributed by atoms with E-state index in [1.54, 1.807) is 37.3 Å². The van der Waals surface area contributed by atoms with Gasteiger partial charge in [-0.3, -0.25) is 24.1 Å². The van der Waals surface area contributed by atoms with E-state index in [1.807, 2.05) is 44.2 Å². The van der Waals surface area contributed by atoms with Gasteiger partial charge in [0.15, 0.2) is 6.73 Å². The summed E-state index contributed by atoms with van der Waals surface area (Å²) in [5.74, 6) is -2.49. The van der Waals surface area contributed by atoms with Gasteiger partial charge in [0.1, 0.15) is 24.0 Å². The van der Waals surface area contributed by atoms with Gasteiger partial charge in [-0.2, -0.15) is 0 Å². The summed E-state index contributed by atoms with van der Waals surface area (Å²) >= 11 is 1.40. The van der Waals surface area contributed by atoms with Crippen molar-refractivity contribution >= 4 is 41.4 Å². The molecule has 2 saturated heterocycles. The number of carbonyl (C=O) groups excluding carboxylic acids is 5. The topological polar surface area (TPSA) is 122 Å². The van der Waals surface area contributed by atoms with Crippen LogP contribution in [0, 0.1) is 0 Å². The van der Waals surface area contributed by atoms with Crippen LogP contribution < -0.4 is 5.32 Å². The average Bonchev–Trinajstić information content (AvgIpc) is 3.18. The van der Waals surface area contributed by atoms with Crippen LogP contribution in [0.15, 0.2) is 60.7 Å². The SMILES string of the molecule is CCOC(=O)CN(COC(=O)[C@@H]1N2C(=O)[C@@H](NC(=O)Cc3ccccc3)[C@H]2SC1(C)C)C(=O)c1ccccc1. The Morgan fingerprint density at radius 2 is 1.64 bits per heavy atom. The Morgan fingerprint density at radius 3 is 2.28 bits per heavy atom. The lowest BCUT2D eigenvalue weighted by molar-refractivity contribution is -0.167. The molecule has 2 aliphatic heterocycles. The van der Waals surface area contributed by atoms with Gasteiger partial charge in [0.2, 0.25) is 11.8 Å². The van der Waals surface area contributed by atoms with Gasteiger partial charge in [-0.15, -0.1) is 11.8 Å². The van der Waals surface area contributed by atoms with E-state index in [4.69, 9.17) is 9.47 Å². The number of nitrogens with one attached hydrogen (secondary N) is 1. The highest BCUT2D eigenvalue weighted by molar-refractivity contribution is 8.01. The number of hydrogen-bond acceptors (Lipinski definition) is 8. The molecule has 0 unspecified atom stereocenters. The number of benzene rings is 2. The summed E-state index contributed by atoms with van der Waals surface area (Å²) in [5.41, 5.74) is 1.15. The fraction of sp³-hybridized carbons (Fsp3) is 0.393. The Labute approximate surface area is 231 Å². The zero-order valence-corrected chi connectivity index (χ0v) is 22.8. The first-order chi connectivity index (χ1) is 18.6. The van der Waals surface area contributed by atoms with Gasteiger partial charge >= 0.3 is 11.9 Å². The van der Waals surface area contributed by atoms with Crippen molar-refractivity contribution in [2.75, 3.05) is 19.9 Å². The molecule has 2 aromatic carbocycles. The molecule has 10 nitrogen and oxygen atoms in total. The predicted octanol–water partition coefficient (Wildman–Crippen LogP) is 1.98. The summed E-state index contributed by atoms with van der Waals surface area (Å²) in [6, 6.07) is 15.8. The zero-order valence-electron chi connectivity index (χ0n) is 22.0. The number of amides is 3. The lowest BCUT2D eigenvalue weighted by Gasteiger charge is -2.44. The third kappa shape index (κ3) is 6.25. The monoisotopic (exact) mass is 553 g/mol. The van der Waals surface area contributed by atoms with Gasteiger partial charge in [-0.25, -0.2) is 4.79 Å². The molecular weight excluding hydrogens is 522 g/mol. The number of β-lactam (4-membered cyclic amide) rings is 1. The van der Waals surface area contributed by atoms with Crippen LogP contribution >= 0.6 is 11.8 Å². The van der Waals surface area contributed by atoms with Gasteiger partial charge in [0.25, 0.3) is 5.91 Å². The number of carbonyl (C=O) groups is 5. The van der Waals surface area contributed by atoms with Crippen molar-refractivity contribution in [1.29, 1.82) is 0 Å². The maximum Gasteiger partial charge on any atom is 0.332 e. The standard InChI is InChI=1S/C28H31N3O7S/c1-4-37-21(33)16-30(24(34)19-13-9-6-10-14-19)17-38-27(36)23-28(2,3)39-26-22(25(35)31(23)26)29-20(32)15-18-11-7-5-8-12-18/h5-14,22-23,26H,4,15-17H2,1-3H3,(H,29,32)/t22-,23+,26-/m1/s1. The fourth-order valence-electron chi connectivity index (χ4n) is 4.65. The summed E-state index contributed by atoms with van der Waals surface area (Å²) in [4.78, 5) is 66.5. The normalized spacial score (nSPS) is 20.8. The predicted molar refractivity (Wildman–Crippen MR) is 143 cm³/mol. The van der Waals surface area contributed by atoms with Gasteiger partial charge < -0.3 is 19.7 Å². The van der Waals surface area contributed by atoms with Crippen LogP contribution in [0.25, 0.3) is 0 Å². The van der Waals surface area contributed by atoms with Crippen molar-refractivity contribution in [1.82, 2.24) is 15.1 Å². The van der Waals surface area contributed by atoms with Crippen molar-refractivity contribution in [3.05, 3.63) is 71.8 Å². The van der Waals surface area contributed by atoms with Gasteiger partial charge in [-0.05, 0) is 38.5 Å². The van der Waals surface area contributed by atoms with Crippen LogP contribution in [0.1, 0.15) is 36.7 Å². The lowest BCUT2D eigenvalue weighted by atomic mass is 9.96. The van der Waals surface area contributed by atoms with Crippen LogP contribution in [0.2, 0.25) is 0 Å². The molecule has 4 rings (SSSR count). The van der Waals surface area contributed by atoms with E-state index < -0.39 is 53.3 Å². The van der Waals surface area contributed by atoms with Crippen LogP contribution in [0.4, 0.5) is 0 Å². The quantitative estimate of drug-likeness (QED) is 0.269. The molecule has 11 heteroatoms. The maximum atomic E-state index is 13.3. The van der Waals surface area contributed by atoms with Gasteiger partial charge in [0, 0.05) is 10.3 Å². The molecule has 39 heavy (non-hydrogen) atoms. The molecule has 0 radical (unpaired) electrons. The molecule has 0 bridgehead atoms.